The largest absolute Gasteiger partial charge is 0.394 e. The Morgan fingerprint density at radius 1 is 0.521 bits per heavy atom. The van der Waals surface area contributed by atoms with Gasteiger partial charge in [-0.3, -0.25) is 4.79 Å². The molecule has 0 saturated carbocycles. The van der Waals surface area contributed by atoms with Gasteiger partial charge in [0.05, 0.1) is 18.8 Å². The molecule has 0 aliphatic rings. The lowest BCUT2D eigenvalue weighted by atomic mass is 10.1. The highest BCUT2D eigenvalue weighted by Gasteiger charge is 2.17. The molecule has 0 aromatic rings. The SMILES string of the molecule is CC/C=C\C/C=C\C/C=C\C/C=C\C/C=C\CCCC(=O)NC(CO)C(O)/C=C/CC/C=C/CC/C=C/CCCCCCCCCCC. The first kappa shape index (κ1) is 45.3. The summed E-state index contributed by atoms with van der Waals surface area (Å²) < 4.78 is 0. The number of carbonyl (C=O) groups excluding carboxylic acids is 1. The average Bonchev–Trinajstić information content (AvgIpc) is 3.09. The van der Waals surface area contributed by atoms with Crippen molar-refractivity contribution in [2.75, 3.05) is 6.61 Å². The van der Waals surface area contributed by atoms with Gasteiger partial charge in [0.1, 0.15) is 0 Å². The van der Waals surface area contributed by atoms with Crippen LogP contribution >= 0.6 is 0 Å². The number of carbonyl (C=O) groups is 1. The number of allylic oxidation sites excluding steroid dienone is 15. The normalized spacial score (nSPS) is 14.2. The molecule has 4 nitrogen and oxygen atoms in total. The second-order valence-electron chi connectivity index (χ2n) is 12.6. The van der Waals surface area contributed by atoms with E-state index in [1.165, 1.54) is 64.2 Å². The summed E-state index contributed by atoms with van der Waals surface area (Å²) in [5.74, 6) is -0.140. The van der Waals surface area contributed by atoms with Crippen LogP contribution in [0.25, 0.3) is 0 Å². The molecule has 0 spiro atoms. The summed E-state index contributed by atoms with van der Waals surface area (Å²) in [6.45, 7) is 4.13. The van der Waals surface area contributed by atoms with E-state index in [-0.39, 0.29) is 12.5 Å². The maximum absolute atomic E-state index is 12.3. The molecule has 1 amide bonds. The van der Waals surface area contributed by atoms with E-state index >= 15 is 0 Å². The Bertz CT molecular complexity index is 937. The predicted octanol–water partition coefficient (Wildman–Crippen LogP) is 11.9. The summed E-state index contributed by atoms with van der Waals surface area (Å²) in [6, 6.07) is -0.680. The molecule has 0 aliphatic heterocycles. The molecule has 0 heterocycles. The number of unbranched alkanes of at least 4 members (excludes halogenated alkanes) is 12. The fourth-order valence-electron chi connectivity index (χ4n) is 5.07. The third-order valence-electron chi connectivity index (χ3n) is 8.03. The molecule has 272 valence electrons. The van der Waals surface area contributed by atoms with Crippen molar-refractivity contribution >= 4 is 5.91 Å². The van der Waals surface area contributed by atoms with Crippen LogP contribution in [-0.2, 0) is 4.79 Å². The number of amides is 1. The average molecular weight is 664 g/mol. The minimum atomic E-state index is -0.898. The molecule has 0 fully saturated rings. The summed E-state index contributed by atoms with van der Waals surface area (Å²) in [5.41, 5.74) is 0. The lowest BCUT2D eigenvalue weighted by Crippen LogP contribution is -2.45. The Balaban J connectivity index is 3.83. The molecule has 4 heteroatoms. The van der Waals surface area contributed by atoms with Gasteiger partial charge >= 0.3 is 0 Å². The van der Waals surface area contributed by atoms with Gasteiger partial charge < -0.3 is 15.5 Å². The first-order chi connectivity index (χ1) is 23.7. The van der Waals surface area contributed by atoms with Crippen LogP contribution < -0.4 is 5.32 Å². The first-order valence-electron chi connectivity index (χ1n) is 19.5. The Morgan fingerprint density at radius 3 is 1.46 bits per heavy atom. The molecule has 0 aromatic carbocycles. The Labute approximate surface area is 296 Å². The van der Waals surface area contributed by atoms with E-state index in [9.17, 15) is 15.0 Å². The maximum Gasteiger partial charge on any atom is 0.220 e. The molecule has 2 atom stereocenters. The van der Waals surface area contributed by atoms with E-state index < -0.39 is 12.1 Å². The molecule has 0 bridgehead atoms. The van der Waals surface area contributed by atoms with E-state index in [2.05, 4.69) is 104 Å². The van der Waals surface area contributed by atoms with E-state index in [0.717, 1.165) is 70.6 Å². The van der Waals surface area contributed by atoms with Crippen LogP contribution in [-0.4, -0.2) is 34.9 Å². The molecule has 0 aromatic heterocycles. The smallest absolute Gasteiger partial charge is 0.220 e. The van der Waals surface area contributed by atoms with Crippen LogP contribution in [0.2, 0.25) is 0 Å². The molecule has 0 saturated heterocycles. The first-order valence-corrected chi connectivity index (χ1v) is 19.5. The number of hydrogen-bond donors (Lipinski definition) is 3. The standard InChI is InChI=1S/C44H73NO3/c1-3-5-7-9-11-13-15-17-19-21-22-24-25-27-29-31-33-35-37-39-43(47)42(41-46)45-44(48)40-38-36-34-32-30-28-26-23-20-18-16-14-12-10-8-6-4-2/h6,8,12,14,18,20,22,24,26,28-29,31-32,34,37,39,42-43,46-47H,3-5,7,9-11,13,15-17,19,21,23,25,27,30,33,35-36,38,40-41H2,1-2H3,(H,45,48)/b8-6-,14-12-,20-18-,24-22+,28-26-,31-29+,34-32-,39-37+. The van der Waals surface area contributed by atoms with Gasteiger partial charge in [-0.25, -0.2) is 0 Å². The third kappa shape index (κ3) is 34.6. The summed E-state index contributed by atoms with van der Waals surface area (Å²) in [5, 5.41) is 22.9. The van der Waals surface area contributed by atoms with E-state index in [0.29, 0.717) is 6.42 Å². The van der Waals surface area contributed by atoms with Crippen molar-refractivity contribution in [2.24, 2.45) is 0 Å². The lowest BCUT2D eigenvalue weighted by molar-refractivity contribution is -0.122. The molecular weight excluding hydrogens is 590 g/mol. The summed E-state index contributed by atoms with van der Waals surface area (Å²) in [4.78, 5) is 12.3. The van der Waals surface area contributed by atoms with Crippen molar-refractivity contribution in [3.05, 3.63) is 97.2 Å². The molecule has 48 heavy (non-hydrogen) atoms. The Kier molecular flexibility index (Phi) is 36.6. The van der Waals surface area contributed by atoms with Gasteiger partial charge in [0.2, 0.25) is 5.91 Å². The summed E-state index contributed by atoms with van der Waals surface area (Å²) >= 11 is 0. The van der Waals surface area contributed by atoms with Crippen molar-refractivity contribution < 1.29 is 15.0 Å². The van der Waals surface area contributed by atoms with E-state index in [1.54, 1.807) is 6.08 Å². The molecule has 0 radical (unpaired) electrons. The van der Waals surface area contributed by atoms with Gasteiger partial charge in [0, 0.05) is 6.42 Å². The van der Waals surface area contributed by atoms with Crippen LogP contribution in [0.15, 0.2) is 97.2 Å². The predicted molar refractivity (Wildman–Crippen MR) is 211 cm³/mol. The number of aliphatic hydroxyl groups is 2. The van der Waals surface area contributed by atoms with Crippen molar-refractivity contribution in [2.45, 2.75) is 167 Å². The van der Waals surface area contributed by atoms with Crippen molar-refractivity contribution in [1.82, 2.24) is 5.32 Å². The van der Waals surface area contributed by atoms with Crippen molar-refractivity contribution in [3.63, 3.8) is 0 Å². The molecule has 0 rings (SSSR count). The van der Waals surface area contributed by atoms with Crippen molar-refractivity contribution in [1.29, 1.82) is 0 Å². The highest BCUT2D eigenvalue weighted by atomic mass is 16.3. The van der Waals surface area contributed by atoms with Crippen LogP contribution in [0.3, 0.4) is 0 Å². The number of hydrogen-bond acceptors (Lipinski definition) is 3. The van der Waals surface area contributed by atoms with Crippen LogP contribution in [0, 0.1) is 0 Å². The van der Waals surface area contributed by atoms with E-state index in [1.807, 2.05) is 6.08 Å². The fourth-order valence-corrected chi connectivity index (χ4v) is 5.07. The summed E-state index contributed by atoms with van der Waals surface area (Å²) in [6.07, 6.45) is 57.9. The fraction of sp³-hybridized carbons (Fsp3) is 0.614. The minimum Gasteiger partial charge on any atom is -0.394 e. The summed E-state index contributed by atoms with van der Waals surface area (Å²) in [7, 11) is 0. The van der Waals surface area contributed by atoms with Gasteiger partial charge in [0.15, 0.2) is 0 Å². The van der Waals surface area contributed by atoms with Gasteiger partial charge in [-0.2, -0.15) is 0 Å². The van der Waals surface area contributed by atoms with Gasteiger partial charge in [0.25, 0.3) is 0 Å². The van der Waals surface area contributed by atoms with Crippen LogP contribution in [0.5, 0.6) is 0 Å². The van der Waals surface area contributed by atoms with Gasteiger partial charge in [-0.15, -0.1) is 0 Å². The lowest BCUT2D eigenvalue weighted by Gasteiger charge is -2.19. The second-order valence-corrected chi connectivity index (χ2v) is 12.6. The molecule has 3 N–H and O–H groups in total. The quantitative estimate of drug-likeness (QED) is 0.0483. The third-order valence-corrected chi connectivity index (χ3v) is 8.03. The maximum atomic E-state index is 12.3. The van der Waals surface area contributed by atoms with Gasteiger partial charge in [-0.1, -0.05) is 162 Å². The number of aliphatic hydroxyl groups excluding tert-OH is 2. The second kappa shape index (κ2) is 38.8. The van der Waals surface area contributed by atoms with E-state index in [4.69, 9.17) is 0 Å². The van der Waals surface area contributed by atoms with Gasteiger partial charge in [-0.05, 0) is 83.5 Å². The van der Waals surface area contributed by atoms with Crippen LogP contribution in [0.4, 0.5) is 0 Å². The highest BCUT2D eigenvalue weighted by molar-refractivity contribution is 5.76. The molecule has 2 unspecified atom stereocenters. The number of rotatable bonds is 33. The molecule has 0 aliphatic carbocycles. The zero-order valence-corrected chi connectivity index (χ0v) is 31.0. The topological polar surface area (TPSA) is 69.6 Å². The zero-order valence-electron chi connectivity index (χ0n) is 31.0. The number of nitrogens with one attached hydrogen (secondary N) is 1. The minimum absolute atomic E-state index is 0.140. The Hall–Kier alpha value is -2.69. The monoisotopic (exact) mass is 664 g/mol. The Morgan fingerprint density at radius 2 is 0.938 bits per heavy atom. The zero-order chi connectivity index (χ0) is 35.0. The van der Waals surface area contributed by atoms with Crippen molar-refractivity contribution in [3.8, 4) is 0 Å². The highest BCUT2D eigenvalue weighted by Crippen LogP contribution is 2.11. The molecular formula is C44H73NO3. The van der Waals surface area contributed by atoms with Crippen LogP contribution in [0.1, 0.15) is 155 Å².